The molecule has 1 aliphatic rings. The zero-order chi connectivity index (χ0) is 16.2. The second kappa shape index (κ2) is 6.76. The number of likely N-dealkylation sites (tertiary alicyclic amines) is 1. The number of halogens is 1. The Morgan fingerprint density at radius 1 is 1.43 bits per heavy atom. The average Bonchev–Trinajstić information content (AvgIpc) is 3.22. The van der Waals surface area contributed by atoms with Crippen molar-refractivity contribution in [3.05, 3.63) is 41.8 Å². The third-order valence-corrected chi connectivity index (χ3v) is 3.83. The number of hydrogen-bond donors (Lipinski definition) is 0. The summed E-state index contributed by atoms with van der Waals surface area (Å²) < 4.78 is 23.5. The minimum absolute atomic E-state index is 0.0985. The number of rotatable bonds is 5. The Kier molecular flexibility index (Phi) is 4.55. The molecular weight excluding hydrogens is 301 g/mol. The lowest BCUT2D eigenvalue weighted by atomic mass is 10.2. The number of nitrogens with zero attached hydrogens (tertiary/aromatic N) is 3. The molecule has 1 aromatic carbocycles. The van der Waals surface area contributed by atoms with Crippen molar-refractivity contribution in [1.82, 2.24) is 15.0 Å². The predicted octanol–water partition coefficient (Wildman–Crippen LogP) is 2.86. The van der Waals surface area contributed by atoms with Crippen LogP contribution in [0.1, 0.15) is 43.9 Å². The van der Waals surface area contributed by atoms with Gasteiger partial charge >= 0.3 is 0 Å². The first-order valence-corrected chi connectivity index (χ1v) is 7.67. The molecule has 0 bridgehead atoms. The monoisotopic (exact) mass is 319 g/mol. The number of aromatic nitrogens is 2. The number of benzene rings is 1. The van der Waals surface area contributed by atoms with E-state index in [1.165, 1.54) is 24.3 Å². The second-order valence-corrected chi connectivity index (χ2v) is 5.39. The van der Waals surface area contributed by atoms with E-state index in [1.54, 1.807) is 4.90 Å². The van der Waals surface area contributed by atoms with Crippen LogP contribution in [0.5, 0.6) is 5.75 Å². The molecule has 6 nitrogen and oxygen atoms in total. The van der Waals surface area contributed by atoms with E-state index in [1.807, 2.05) is 6.92 Å². The highest BCUT2D eigenvalue weighted by Crippen LogP contribution is 2.30. The quantitative estimate of drug-likeness (QED) is 0.847. The summed E-state index contributed by atoms with van der Waals surface area (Å²) in [4.78, 5) is 18.0. The van der Waals surface area contributed by atoms with Crippen molar-refractivity contribution in [3.63, 3.8) is 0 Å². The van der Waals surface area contributed by atoms with Crippen LogP contribution < -0.4 is 4.74 Å². The summed E-state index contributed by atoms with van der Waals surface area (Å²) in [5.41, 5.74) is 0. The average molecular weight is 319 g/mol. The molecule has 1 fully saturated rings. The van der Waals surface area contributed by atoms with Gasteiger partial charge in [0.15, 0.2) is 12.4 Å². The van der Waals surface area contributed by atoms with Gasteiger partial charge in [-0.05, 0) is 37.1 Å². The highest BCUT2D eigenvalue weighted by Gasteiger charge is 2.32. The Labute approximate surface area is 133 Å². The normalized spacial score (nSPS) is 17.5. The van der Waals surface area contributed by atoms with Gasteiger partial charge in [-0.25, -0.2) is 4.39 Å². The Balaban J connectivity index is 1.63. The molecule has 0 saturated carbocycles. The van der Waals surface area contributed by atoms with E-state index in [0.717, 1.165) is 19.4 Å². The van der Waals surface area contributed by atoms with Crippen LogP contribution in [0.3, 0.4) is 0 Å². The van der Waals surface area contributed by atoms with Gasteiger partial charge in [-0.3, -0.25) is 4.79 Å². The van der Waals surface area contributed by atoms with Crippen LogP contribution in [0, 0.1) is 5.82 Å². The summed E-state index contributed by atoms with van der Waals surface area (Å²) in [6.45, 7) is 2.68. The van der Waals surface area contributed by atoms with Gasteiger partial charge in [-0.15, -0.1) is 0 Å². The molecular formula is C16H18FN3O3. The number of ether oxygens (including phenoxy) is 1. The third kappa shape index (κ3) is 3.49. The van der Waals surface area contributed by atoms with Crippen LogP contribution >= 0.6 is 0 Å². The Hall–Kier alpha value is -2.44. The van der Waals surface area contributed by atoms with Gasteiger partial charge < -0.3 is 14.2 Å². The summed E-state index contributed by atoms with van der Waals surface area (Å²) in [6.07, 6.45) is 2.24. The molecule has 7 heteroatoms. The first-order chi connectivity index (χ1) is 11.2. The molecule has 2 heterocycles. The smallest absolute Gasteiger partial charge is 0.264 e. The Morgan fingerprint density at radius 3 is 2.96 bits per heavy atom. The molecule has 1 unspecified atom stereocenters. The standard InChI is InChI=1S/C16H18FN3O3/c1-2-15(21)20-9-3-4-13(20)16-18-14(23-19-16)10-22-12-7-5-11(17)6-8-12/h5-8,13H,2-4,9-10H2,1H3. The molecule has 0 spiro atoms. The van der Waals surface area contributed by atoms with Crippen LogP contribution in [0.2, 0.25) is 0 Å². The van der Waals surface area contributed by atoms with E-state index in [2.05, 4.69) is 10.1 Å². The van der Waals surface area contributed by atoms with Crippen molar-refractivity contribution in [2.24, 2.45) is 0 Å². The van der Waals surface area contributed by atoms with Crippen molar-refractivity contribution < 1.29 is 18.4 Å². The summed E-state index contributed by atoms with van der Waals surface area (Å²) in [7, 11) is 0. The van der Waals surface area contributed by atoms with Crippen LogP contribution in [0.25, 0.3) is 0 Å². The summed E-state index contributed by atoms with van der Waals surface area (Å²) >= 11 is 0. The first kappa shape index (κ1) is 15.5. The maximum absolute atomic E-state index is 12.8. The molecule has 122 valence electrons. The van der Waals surface area contributed by atoms with Gasteiger partial charge in [0, 0.05) is 13.0 Å². The van der Waals surface area contributed by atoms with Crippen LogP contribution in [0.4, 0.5) is 4.39 Å². The van der Waals surface area contributed by atoms with Gasteiger partial charge in [-0.2, -0.15) is 4.98 Å². The fourth-order valence-corrected chi connectivity index (χ4v) is 2.67. The highest BCUT2D eigenvalue weighted by molar-refractivity contribution is 5.76. The lowest BCUT2D eigenvalue weighted by Gasteiger charge is -2.21. The maximum atomic E-state index is 12.8. The van der Waals surface area contributed by atoms with Crippen molar-refractivity contribution in [1.29, 1.82) is 0 Å². The van der Waals surface area contributed by atoms with E-state index in [-0.39, 0.29) is 24.4 Å². The van der Waals surface area contributed by atoms with Crippen LogP contribution in [-0.4, -0.2) is 27.5 Å². The molecule has 0 radical (unpaired) electrons. The van der Waals surface area contributed by atoms with E-state index >= 15 is 0 Å². The first-order valence-electron chi connectivity index (χ1n) is 7.67. The number of carbonyl (C=O) groups is 1. The molecule has 1 amide bonds. The molecule has 0 N–H and O–H groups in total. The molecule has 1 saturated heterocycles. The van der Waals surface area contributed by atoms with E-state index in [9.17, 15) is 9.18 Å². The molecule has 3 rings (SSSR count). The lowest BCUT2D eigenvalue weighted by molar-refractivity contribution is -0.131. The largest absolute Gasteiger partial charge is 0.484 e. The van der Waals surface area contributed by atoms with Gasteiger partial charge in [0.2, 0.25) is 5.91 Å². The van der Waals surface area contributed by atoms with E-state index in [4.69, 9.17) is 9.26 Å². The van der Waals surface area contributed by atoms with Crippen molar-refractivity contribution in [2.45, 2.75) is 38.8 Å². The predicted molar refractivity (Wildman–Crippen MR) is 79.0 cm³/mol. The second-order valence-electron chi connectivity index (χ2n) is 5.39. The molecule has 1 aromatic heterocycles. The van der Waals surface area contributed by atoms with Gasteiger partial charge in [0.05, 0.1) is 6.04 Å². The molecule has 1 aliphatic heterocycles. The van der Waals surface area contributed by atoms with Gasteiger partial charge in [-0.1, -0.05) is 12.1 Å². The number of carbonyl (C=O) groups excluding carboxylic acids is 1. The lowest BCUT2D eigenvalue weighted by Crippen LogP contribution is -2.30. The summed E-state index contributed by atoms with van der Waals surface area (Å²) in [5, 5.41) is 3.97. The number of hydrogen-bond acceptors (Lipinski definition) is 5. The number of amides is 1. The molecule has 1 atom stereocenters. The fraction of sp³-hybridized carbons (Fsp3) is 0.438. The van der Waals surface area contributed by atoms with E-state index in [0.29, 0.717) is 23.9 Å². The van der Waals surface area contributed by atoms with Crippen LogP contribution in [0.15, 0.2) is 28.8 Å². The fourth-order valence-electron chi connectivity index (χ4n) is 2.67. The summed E-state index contributed by atoms with van der Waals surface area (Å²) in [5.74, 6) is 1.15. The van der Waals surface area contributed by atoms with E-state index < -0.39 is 0 Å². The minimum atomic E-state index is -0.320. The maximum Gasteiger partial charge on any atom is 0.264 e. The third-order valence-electron chi connectivity index (χ3n) is 3.83. The van der Waals surface area contributed by atoms with Crippen molar-refractivity contribution in [2.75, 3.05) is 6.54 Å². The van der Waals surface area contributed by atoms with Crippen molar-refractivity contribution >= 4 is 5.91 Å². The van der Waals surface area contributed by atoms with Gasteiger partial charge in [0.25, 0.3) is 5.89 Å². The Bertz CT molecular complexity index is 671. The molecule has 23 heavy (non-hydrogen) atoms. The molecule has 0 aliphatic carbocycles. The topological polar surface area (TPSA) is 68.5 Å². The summed E-state index contributed by atoms with van der Waals surface area (Å²) in [6, 6.07) is 5.59. The Morgan fingerprint density at radius 2 is 2.22 bits per heavy atom. The van der Waals surface area contributed by atoms with Crippen molar-refractivity contribution in [3.8, 4) is 5.75 Å². The van der Waals surface area contributed by atoms with Crippen LogP contribution in [-0.2, 0) is 11.4 Å². The zero-order valence-electron chi connectivity index (χ0n) is 12.9. The highest BCUT2D eigenvalue weighted by atomic mass is 19.1. The molecule has 2 aromatic rings. The SMILES string of the molecule is CCC(=O)N1CCCC1c1noc(COc2ccc(F)cc2)n1. The minimum Gasteiger partial charge on any atom is -0.484 e. The zero-order valence-corrected chi connectivity index (χ0v) is 12.9. The van der Waals surface area contributed by atoms with Gasteiger partial charge in [0.1, 0.15) is 11.6 Å².